The summed E-state index contributed by atoms with van der Waals surface area (Å²) in [6, 6.07) is 8.56. The van der Waals surface area contributed by atoms with Crippen LogP contribution in [0.1, 0.15) is 5.69 Å². The fourth-order valence-electron chi connectivity index (χ4n) is 2.54. The van der Waals surface area contributed by atoms with Crippen LogP contribution in [0.5, 0.6) is 0 Å². The predicted octanol–water partition coefficient (Wildman–Crippen LogP) is 3.78. The molecule has 7 nitrogen and oxygen atoms in total. The van der Waals surface area contributed by atoms with E-state index in [0.29, 0.717) is 22.1 Å². The highest BCUT2D eigenvalue weighted by Crippen LogP contribution is 2.28. The molecule has 4 aromatic rings. The summed E-state index contributed by atoms with van der Waals surface area (Å²) in [6.07, 6.45) is 3.90. The quantitative estimate of drug-likeness (QED) is 0.416. The molecule has 0 saturated heterocycles. The number of hydrogen-bond acceptors (Lipinski definition) is 6. The summed E-state index contributed by atoms with van der Waals surface area (Å²) in [6.45, 7) is 0. The van der Waals surface area contributed by atoms with E-state index in [1.54, 1.807) is 6.07 Å². The molecular formula is C17H15BrN4O3S2. The Morgan fingerprint density at radius 3 is 2.78 bits per heavy atom. The van der Waals surface area contributed by atoms with E-state index in [0.717, 1.165) is 15.8 Å². The number of pyridine rings is 1. The van der Waals surface area contributed by atoms with Gasteiger partial charge in [-0.2, -0.15) is 0 Å². The molecule has 0 amide bonds. The van der Waals surface area contributed by atoms with Crippen LogP contribution in [0.2, 0.25) is 0 Å². The number of imidazole rings is 1. The summed E-state index contributed by atoms with van der Waals surface area (Å²) >= 11 is 4.85. The minimum absolute atomic E-state index is 0.191. The van der Waals surface area contributed by atoms with Gasteiger partial charge in [0, 0.05) is 36.7 Å². The molecule has 10 heteroatoms. The number of rotatable bonds is 5. The van der Waals surface area contributed by atoms with Crippen molar-refractivity contribution in [3.05, 3.63) is 52.9 Å². The lowest BCUT2D eigenvalue weighted by Gasteiger charge is -2.10. The Morgan fingerprint density at radius 2 is 2.00 bits per heavy atom. The number of thioether (sulfide) groups is 1. The number of sulfonamides is 1. The van der Waals surface area contributed by atoms with Gasteiger partial charge in [-0.1, -0.05) is 11.8 Å². The second kappa shape index (κ2) is 6.93. The Morgan fingerprint density at radius 1 is 1.19 bits per heavy atom. The van der Waals surface area contributed by atoms with Crippen molar-refractivity contribution >= 4 is 54.5 Å². The van der Waals surface area contributed by atoms with E-state index >= 15 is 0 Å². The van der Waals surface area contributed by atoms with Gasteiger partial charge in [0.25, 0.3) is 5.22 Å². The van der Waals surface area contributed by atoms with Crippen molar-refractivity contribution in [2.75, 3.05) is 14.1 Å². The first-order valence-corrected chi connectivity index (χ1v) is 11.1. The van der Waals surface area contributed by atoms with Gasteiger partial charge in [0.1, 0.15) is 11.2 Å². The van der Waals surface area contributed by atoms with Crippen molar-refractivity contribution < 1.29 is 12.8 Å². The van der Waals surface area contributed by atoms with E-state index in [1.165, 1.54) is 42.3 Å². The van der Waals surface area contributed by atoms with Crippen LogP contribution < -0.4 is 0 Å². The number of aromatic nitrogens is 3. The Bertz CT molecular complexity index is 1250. The van der Waals surface area contributed by atoms with Crippen molar-refractivity contribution in [3.63, 3.8) is 0 Å². The van der Waals surface area contributed by atoms with Gasteiger partial charge in [-0.05, 0) is 46.3 Å². The van der Waals surface area contributed by atoms with Crippen molar-refractivity contribution in [2.24, 2.45) is 0 Å². The average Bonchev–Trinajstić information content (AvgIpc) is 3.21. The molecule has 3 aromatic heterocycles. The number of halogens is 1. The van der Waals surface area contributed by atoms with E-state index < -0.39 is 10.0 Å². The normalized spacial score (nSPS) is 12.4. The molecule has 0 unspecified atom stereocenters. The first-order chi connectivity index (χ1) is 12.8. The van der Waals surface area contributed by atoms with Crippen molar-refractivity contribution in [2.45, 2.75) is 15.9 Å². The minimum atomic E-state index is -3.50. The third kappa shape index (κ3) is 3.62. The van der Waals surface area contributed by atoms with Gasteiger partial charge >= 0.3 is 0 Å². The Labute approximate surface area is 168 Å². The number of benzene rings is 1. The lowest BCUT2D eigenvalue weighted by molar-refractivity contribution is 0.489. The van der Waals surface area contributed by atoms with Gasteiger partial charge in [0.05, 0.1) is 10.6 Å². The second-order valence-corrected chi connectivity index (χ2v) is 10.0. The molecule has 140 valence electrons. The minimum Gasteiger partial charge on any atom is -0.431 e. The van der Waals surface area contributed by atoms with Crippen LogP contribution in [-0.2, 0) is 15.8 Å². The monoisotopic (exact) mass is 466 g/mol. The lowest BCUT2D eigenvalue weighted by Crippen LogP contribution is -2.22. The van der Waals surface area contributed by atoms with Crippen LogP contribution in [0, 0.1) is 0 Å². The van der Waals surface area contributed by atoms with E-state index in [4.69, 9.17) is 4.42 Å². The van der Waals surface area contributed by atoms with E-state index in [2.05, 4.69) is 25.9 Å². The standard InChI is InChI=1S/C17H15BrN4O3S2/c1-21(2)27(23,24)13-4-5-15-14(7-13)20-17(25-15)26-10-12-9-22-8-11(18)3-6-16(22)19-12/h3-9H,10H2,1-2H3. The highest BCUT2D eigenvalue weighted by molar-refractivity contribution is 9.10. The van der Waals surface area contributed by atoms with Crippen LogP contribution in [0.4, 0.5) is 0 Å². The first-order valence-electron chi connectivity index (χ1n) is 7.92. The summed E-state index contributed by atoms with van der Waals surface area (Å²) in [4.78, 5) is 9.15. The maximum atomic E-state index is 12.3. The largest absolute Gasteiger partial charge is 0.431 e. The van der Waals surface area contributed by atoms with Gasteiger partial charge in [0.2, 0.25) is 10.0 Å². The van der Waals surface area contributed by atoms with Crippen LogP contribution in [-0.4, -0.2) is 41.2 Å². The van der Waals surface area contributed by atoms with E-state index in [-0.39, 0.29) is 4.90 Å². The van der Waals surface area contributed by atoms with E-state index in [1.807, 2.05) is 28.9 Å². The molecule has 0 radical (unpaired) electrons. The summed E-state index contributed by atoms with van der Waals surface area (Å²) in [7, 11) is -0.510. The van der Waals surface area contributed by atoms with Crippen LogP contribution in [0.25, 0.3) is 16.7 Å². The van der Waals surface area contributed by atoms with Gasteiger partial charge in [-0.25, -0.2) is 22.7 Å². The second-order valence-electron chi connectivity index (χ2n) is 6.03. The Hall–Kier alpha value is -1.88. The lowest BCUT2D eigenvalue weighted by atomic mass is 10.3. The molecule has 0 aliphatic carbocycles. The molecule has 0 fully saturated rings. The summed E-state index contributed by atoms with van der Waals surface area (Å²) in [5, 5.41) is 0.475. The molecule has 27 heavy (non-hydrogen) atoms. The average molecular weight is 467 g/mol. The Balaban J connectivity index is 1.57. The van der Waals surface area contributed by atoms with Gasteiger partial charge in [0.15, 0.2) is 5.58 Å². The van der Waals surface area contributed by atoms with Crippen LogP contribution in [0.15, 0.2) is 61.7 Å². The molecule has 1 aromatic carbocycles. The molecule has 0 aliphatic heterocycles. The molecule has 3 heterocycles. The maximum absolute atomic E-state index is 12.3. The molecule has 0 saturated carbocycles. The first kappa shape index (κ1) is 18.5. The highest BCUT2D eigenvalue weighted by atomic mass is 79.9. The molecule has 0 atom stereocenters. The van der Waals surface area contributed by atoms with Crippen molar-refractivity contribution in [1.29, 1.82) is 0 Å². The van der Waals surface area contributed by atoms with Crippen LogP contribution >= 0.6 is 27.7 Å². The van der Waals surface area contributed by atoms with Gasteiger partial charge < -0.3 is 8.82 Å². The molecule has 0 spiro atoms. The number of hydrogen-bond donors (Lipinski definition) is 0. The summed E-state index contributed by atoms with van der Waals surface area (Å²) in [5.74, 6) is 0.592. The zero-order valence-corrected chi connectivity index (χ0v) is 17.7. The number of oxazole rings is 1. The third-order valence-electron chi connectivity index (χ3n) is 3.93. The summed E-state index contributed by atoms with van der Waals surface area (Å²) < 4.78 is 34.3. The highest BCUT2D eigenvalue weighted by Gasteiger charge is 2.19. The topological polar surface area (TPSA) is 80.7 Å². The van der Waals surface area contributed by atoms with Gasteiger partial charge in [-0.3, -0.25) is 0 Å². The number of fused-ring (bicyclic) bond motifs is 2. The molecule has 0 aliphatic rings. The van der Waals surface area contributed by atoms with Gasteiger partial charge in [-0.15, -0.1) is 0 Å². The number of nitrogens with zero attached hydrogens (tertiary/aromatic N) is 4. The van der Waals surface area contributed by atoms with E-state index in [9.17, 15) is 8.42 Å². The SMILES string of the molecule is CN(C)S(=O)(=O)c1ccc2oc(SCc3cn4cc(Br)ccc4n3)nc2c1. The fourth-order valence-corrected chi connectivity index (χ4v) is 4.54. The Kier molecular flexibility index (Phi) is 4.75. The van der Waals surface area contributed by atoms with Crippen molar-refractivity contribution in [1.82, 2.24) is 18.7 Å². The zero-order chi connectivity index (χ0) is 19.2. The molecule has 0 N–H and O–H groups in total. The molecular weight excluding hydrogens is 452 g/mol. The predicted molar refractivity (Wildman–Crippen MR) is 107 cm³/mol. The zero-order valence-electron chi connectivity index (χ0n) is 14.5. The maximum Gasteiger partial charge on any atom is 0.257 e. The smallest absolute Gasteiger partial charge is 0.257 e. The van der Waals surface area contributed by atoms with Crippen LogP contribution in [0.3, 0.4) is 0 Å². The third-order valence-corrected chi connectivity index (χ3v) is 7.07. The molecule has 4 rings (SSSR count). The summed E-state index contributed by atoms with van der Waals surface area (Å²) in [5.41, 5.74) is 2.83. The molecule has 0 bridgehead atoms. The fraction of sp³-hybridized carbons (Fsp3) is 0.176. The van der Waals surface area contributed by atoms with Crippen molar-refractivity contribution in [3.8, 4) is 0 Å².